The van der Waals surface area contributed by atoms with Crippen molar-refractivity contribution in [1.82, 2.24) is 10.2 Å². The molecule has 0 aliphatic heterocycles. The summed E-state index contributed by atoms with van der Waals surface area (Å²) in [6.45, 7) is 7.29. The number of anilines is 1. The SMILES string of the molecule is CCCNC(=O)[C@H](Cc1ccccc1)N(Cc1ccc(C)cc1)C(=O)CCCN(c1ccc(OCC)cc1)S(C)(=O)=O. The van der Waals surface area contributed by atoms with E-state index >= 15 is 0 Å². The van der Waals surface area contributed by atoms with Gasteiger partial charge in [0.1, 0.15) is 11.8 Å². The van der Waals surface area contributed by atoms with Gasteiger partial charge >= 0.3 is 0 Å². The molecule has 8 nitrogen and oxygen atoms in total. The fraction of sp³-hybridized carbons (Fsp3) is 0.394. The van der Waals surface area contributed by atoms with Crippen molar-refractivity contribution < 1.29 is 22.7 Å². The smallest absolute Gasteiger partial charge is 0.243 e. The number of ether oxygens (including phenoxy) is 1. The monoisotopic (exact) mass is 593 g/mol. The Kier molecular flexibility index (Phi) is 12.4. The first-order valence-corrected chi connectivity index (χ1v) is 16.3. The zero-order valence-corrected chi connectivity index (χ0v) is 25.9. The third kappa shape index (κ3) is 9.91. The summed E-state index contributed by atoms with van der Waals surface area (Å²) in [4.78, 5) is 29.0. The number of amides is 2. The molecule has 1 N–H and O–H groups in total. The quantitative estimate of drug-likeness (QED) is 0.249. The number of benzene rings is 3. The van der Waals surface area contributed by atoms with Gasteiger partial charge in [0.25, 0.3) is 0 Å². The van der Waals surface area contributed by atoms with Gasteiger partial charge in [0.15, 0.2) is 0 Å². The van der Waals surface area contributed by atoms with Gasteiger partial charge in [-0.3, -0.25) is 13.9 Å². The summed E-state index contributed by atoms with van der Waals surface area (Å²) in [7, 11) is -3.59. The predicted octanol–water partition coefficient (Wildman–Crippen LogP) is 5.11. The molecule has 0 radical (unpaired) electrons. The molecule has 3 aromatic carbocycles. The zero-order chi connectivity index (χ0) is 30.5. The molecular formula is C33H43N3O5S. The lowest BCUT2D eigenvalue weighted by Crippen LogP contribution is -2.50. The van der Waals surface area contributed by atoms with Crippen LogP contribution in [-0.4, -0.2) is 57.1 Å². The average Bonchev–Trinajstić information content (AvgIpc) is 2.97. The molecule has 42 heavy (non-hydrogen) atoms. The maximum atomic E-state index is 13.9. The summed E-state index contributed by atoms with van der Waals surface area (Å²) in [6, 6.07) is 23.7. The van der Waals surface area contributed by atoms with Gasteiger partial charge in [0.05, 0.1) is 18.6 Å². The van der Waals surface area contributed by atoms with Gasteiger partial charge in [-0.1, -0.05) is 67.1 Å². The lowest BCUT2D eigenvalue weighted by atomic mass is 10.0. The number of carbonyl (C=O) groups is 2. The van der Waals surface area contributed by atoms with Crippen LogP contribution in [0.1, 0.15) is 49.8 Å². The molecule has 2 amide bonds. The average molecular weight is 594 g/mol. The van der Waals surface area contributed by atoms with Crippen molar-refractivity contribution in [2.75, 3.05) is 30.3 Å². The van der Waals surface area contributed by atoms with E-state index in [4.69, 9.17) is 4.74 Å². The number of aryl methyl sites for hydroxylation is 1. The van der Waals surface area contributed by atoms with Crippen LogP contribution in [-0.2, 0) is 32.6 Å². The Morgan fingerprint density at radius 3 is 2.17 bits per heavy atom. The van der Waals surface area contributed by atoms with E-state index in [1.165, 1.54) is 4.31 Å². The van der Waals surface area contributed by atoms with Crippen LogP contribution in [0, 0.1) is 6.92 Å². The lowest BCUT2D eigenvalue weighted by molar-refractivity contribution is -0.141. The molecule has 0 saturated heterocycles. The van der Waals surface area contributed by atoms with Crippen LogP contribution in [0.4, 0.5) is 5.69 Å². The molecule has 0 heterocycles. The van der Waals surface area contributed by atoms with Crippen LogP contribution in [0.3, 0.4) is 0 Å². The van der Waals surface area contributed by atoms with Crippen molar-refractivity contribution in [1.29, 1.82) is 0 Å². The number of rotatable bonds is 16. The third-order valence-corrected chi connectivity index (χ3v) is 8.08. The van der Waals surface area contributed by atoms with Crippen LogP contribution in [0.2, 0.25) is 0 Å². The minimum absolute atomic E-state index is 0.0846. The summed E-state index contributed by atoms with van der Waals surface area (Å²) < 4.78 is 32.1. The van der Waals surface area contributed by atoms with Crippen molar-refractivity contribution >= 4 is 27.5 Å². The van der Waals surface area contributed by atoms with Crippen LogP contribution in [0.25, 0.3) is 0 Å². The Morgan fingerprint density at radius 2 is 1.57 bits per heavy atom. The largest absolute Gasteiger partial charge is 0.494 e. The fourth-order valence-electron chi connectivity index (χ4n) is 4.69. The summed E-state index contributed by atoms with van der Waals surface area (Å²) in [5.74, 6) is 0.249. The molecule has 1 atom stereocenters. The maximum Gasteiger partial charge on any atom is 0.243 e. The van der Waals surface area contributed by atoms with Crippen LogP contribution >= 0.6 is 0 Å². The van der Waals surface area contributed by atoms with E-state index in [1.54, 1.807) is 29.2 Å². The fourth-order valence-corrected chi connectivity index (χ4v) is 5.65. The Morgan fingerprint density at radius 1 is 0.905 bits per heavy atom. The normalized spacial score (nSPS) is 11.9. The molecule has 3 rings (SSSR count). The number of hydrogen-bond acceptors (Lipinski definition) is 5. The van der Waals surface area contributed by atoms with E-state index in [-0.39, 0.29) is 37.7 Å². The van der Waals surface area contributed by atoms with E-state index in [0.29, 0.717) is 31.0 Å². The molecule has 3 aromatic rings. The summed E-state index contributed by atoms with van der Waals surface area (Å²) in [6.07, 6.45) is 2.68. The minimum atomic E-state index is -3.59. The highest BCUT2D eigenvalue weighted by Crippen LogP contribution is 2.23. The number of hydrogen-bond donors (Lipinski definition) is 1. The standard InChI is InChI=1S/C33H43N3O5S/c1-5-22-34-33(38)31(24-27-11-8-7-9-12-27)35(25-28-16-14-26(3)15-17-28)32(37)13-10-23-36(42(4,39)40)29-18-20-30(21-19-29)41-6-2/h7-9,11-12,14-21,31H,5-6,10,13,22-25H2,1-4H3,(H,34,38)/t31-/m0/s1. The van der Waals surface area contributed by atoms with Crippen molar-refractivity contribution in [2.45, 2.75) is 59.0 Å². The molecule has 0 aliphatic carbocycles. The van der Waals surface area contributed by atoms with Gasteiger partial charge in [-0.2, -0.15) is 0 Å². The summed E-state index contributed by atoms with van der Waals surface area (Å²) in [5, 5.41) is 2.98. The highest BCUT2D eigenvalue weighted by Gasteiger charge is 2.30. The Labute approximate surface area is 250 Å². The van der Waals surface area contributed by atoms with Gasteiger partial charge in [-0.05, 0) is 62.1 Å². The highest BCUT2D eigenvalue weighted by molar-refractivity contribution is 7.92. The molecule has 9 heteroatoms. The van der Waals surface area contributed by atoms with Gasteiger partial charge in [0, 0.05) is 32.5 Å². The van der Waals surface area contributed by atoms with Gasteiger partial charge < -0.3 is 15.0 Å². The first-order valence-electron chi connectivity index (χ1n) is 14.5. The van der Waals surface area contributed by atoms with E-state index in [2.05, 4.69) is 5.32 Å². The molecular weight excluding hydrogens is 550 g/mol. The number of carbonyl (C=O) groups excluding carboxylic acids is 2. The van der Waals surface area contributed by atoms with Crippen LogP contribution in [0.15, 0.2) is 78.9 Å². The molecule has 0 aromatic heterocycles. The molecule has 0 aliphatic rings. The molecule has 0 saturated carbocycles. The Bertz CT molecular complexity index is 1380. The Hall–Kier alpha value is -3.85. The molecule has 0 unspecified atom stereocenters. The van der Waals surface area contributed by atoms with Gasteiger partial charge in [-0.15, -0.1) is 0 Å². The van der Waals surface area contributed by atoms with Crippen molar-refractivity contribution in [2.24, 2.45) is 0 Å². The first-order chi connectivity index (χ1) is 20.1. The predicted molar refractivity (Wildman–Crippen MR) is 168 cm³/mol. The summed E-state index contributed by atoms with van der Waals surface area (Å²) in [5.41, 5.74) is 3.48. The van der Waals surface area contributed by atoms with Crippen LogP contribution < -0.4 is 14.4 Å². The molecule has 0 bridgehead atoms. The molecule has 0 spiro atoms. The molecule has 226 valence electrons. The van der Waals surface area contributed by atoms with Crippen LogP contribution in [0.5, 0.6) is 5.75 Å². The number of sulfonamides is 1. The topological polar surface area (TPSA) is 96.0 Å². The van der Waals surface area contributed by atoms with E-state index in [1.807, 2.05) is 75.4 Å². The second-order valence-electron chi connectivity index (χ2n) is 10.4. The Balaban J connectivity index is 1.84. The number of nitrogens with one attached hydrogen (secondary N) is 1. The van der Waals surface area contributed by atoms with Gasteiger partial charge in [-0.25, -0.2) is 8.42 Å². The maximum absolute atomic E-state index is 13.9. The van der Waals surface area contributed by atoms with E-state index in [0.717, 1.165) is 29.4 Å². The second-order valence-corrected chi connectivity index (χ2v) is 12.3. The molecule has 0 fully saturated rings. The van der Waals surface area contributed by atoms with E-state index in [9.17, 15) is 18.0 Å². The van der Waals surface area contributed by atoms with Crippen molar-refractivity contribution in [3.05, 3.63) is 95.6 Å². The highest BCUT2D eigenvalue weighted by atomic mass is 32.2. The zero-order valence-electron chi connectivity index (χ0n) is 25.1. The van der Waals surface area contributed by atoms with Crippen molar-refractivity contribution in [3.63, 3.8) is 0 Å². The van der Waals surface area contributed by atoms with Gasteiger partial charge in [0.2, 0.25) is 21.8 Å². The number of nitrogens with zero attached hydrogens (tertiary/aromatic N) is 2. The lowest BCUT2D eigenvalue weighted by Gasteiger charge is -2.32. The first kappa shape index (κ1) is 32.7. The summed E-state index contributed by atoms with van der Waals surface area (Å²) >= 11 is 0. The van der Waals surface area contributed by atoms with Crippen molar-refractivity contribution in [3.8, 4) is 5.75 Å². The van der Waals surface area contributed by atoms with E-state index < -0.39 is 16.1 Å². The second kappa shape index (κ2) is 16.0. The minimum Gasteiger partial charge on any atom is -0.494 e. The third-order valence-electron chi connectivity index (χ3n) is 6.88.